The van der Waals surface area contributed by atoms with E-state index in [1.807, 2.05) is 31.2 Å². The van der Waals surface area contributed by atoms with Crippen LogP contribution in [0.3, 0.4) is 0 Å². The molecule has 0 saturated carbocycles. The highest BCUT2D eigenvalue weighted by Crippen LogP contribution is 2.38. The molecule has 0 bridgehead atoms. The zero-order valence-corrected chi connectivity index (χ0v) is 11.1. The van der Waals surface area contributed by atoms with Gasteiger partial charge in [-0.2, -0.15) is 0 Å². The van der Waals surface area contributed by atoms with Gasteiger partial charge in [-0.25, -0.2) is 0 Å². The first-order valence-corrected chi connectivity index (χ1v) is 6.82. The Hall–Kier alpha value is -1.80. The van der Waals surface area contributed by atoms with E-state index in [0.717, 1.165) is 29.7 Å². The van der Waals surface area contributed by atoms with Gasteiger partial charge in [0.1, 0.15) is 5.75 Å². The number of aliphatic hydroxyl groups is 1. The minimum atomic E-state index is -0.301. The third-order valence-corrected chi connectivity index (χ3v) is 3.70. The average Bonchev–Trinajstić information content (AvgIpc) is 2.81. The largest absolute Gasteiger partial charge is 0.494 e. The Bertz CT molecular complexity index is 590. The number of fused-ring (bicyclic) bond motifs is 1. The molecule has 2 aromatic rings. The van der Waals surface area contributed by atoms with E-state index in [0.29, 0.717) is 6.61 Å². The molecule has 0 fully saturated rings. The summed E-state index contributed by atoms with van der Waals surface area (Å²) in [4.78, 5) is 0. The third kappa shape index (κ3) is 2.24. The lowest BCUT2D eigenvalue weighted by atomic mass is 9.96. The second-order valence-electron chi connectivity index (χ2n) is 4.89. The summed E-state index contributed by atoms with van der Waals surface area (Å²) in [5, 5.41) is 9.97. The summed E-state index contributed by atoms with van der Waals surface area (Å²) in [5.74, 6) is 0.899. The maximum atomic E-state index is 9.97. The number of ether oxygens (including phenoxy) is 1. The average molecular weight is 254 g/mol. The molecular formula is C17H18O2. The Labute approximate surface area is 113 Å². The van der Waals surface area contributed by atoms with Gasteiger partial charge in [-0.15, -0.1) is 0 Å². The Morgan fingerprint density at radius 2 is 2.05 bits per heavy atom. The van der Waals surface area contributed by atoms with Crippen molar-refractivity contribution in [1.82, 2.24) is 0 Å². The smallest absolute Gasteiger partial charge is 0.119 e. The first kappa shape index (κ1) is 12.2. The van der Waals surface area contributed by atoms with Crippen LogP contribution < -0.4 is 4.74 Å². The highest BCUT2D eigenvalue weighted by molar-refractivity contribution is 5.71. The van der Waals surface area contributed by atoms with E-state index in [9.17, 15) is 5.11 Å². The fraction of sp³-hybridized carbons (Fsp3) is 0.294. The molecule has 2 aromatic carbocycles. The molecule has 1 aliphatic carbocycles. The molecule has 0 spiro atoms. The van der Waals surface area contributed by atoms with Crippen LogP contribution in [0.15, 0.2) is 42.5 Å². The van der Waals surface area contributed by atoms with E-state index in [-0.39, 0.29) is 6.10 Å². The molecular weight excluding hydrogens is 236 g/mol. The SMILES string of the molecule is CCOc1cccc(-c2cccc3c2CCC3O)c1. The van der Waals surface area contributed by atoms with Crippen molar-refractivity contribution >= 4 is 0 Å². The van der Waals surface area contributed by atoms with Crippen molar-refractivity contribution in [3.05, 3.63) is 53.6 Å². The summed E-state index contributed by atoms with van der Waals surface area (Å²) in [6.45, 7) is 2.66. The monoisotopic (exact) mass is 254 g/mol. The number of benzene rings is 2. The molecule has 2 nitrogen and oxygen atoms in total. The first-order chi connectivity index (χ1) is 9.29. The van der Waals surface area contributed by atoms with Crippen molar-refractivity contribution in [2.24, 2.45) is 0 Å². The van der Waals surface area contributed by atoms with Crippen LogP contribution in [0.25, 0.3) is 11.1 Å². The molecule has 0 saturated heterocycles. The van der Waals surface area contributed by atoms with Gasteiger partial charge in [-0.05, 0) is 54.2 Å². The van der Waals surface area contributed by atoms with Gasteiger partial charge in [0.05, 0.1) is 12.7 Å². The molecule has 0 aliphatic heterocycles. The van der Waals surface area contributed by atoms with Crippen LogP contribution in [0.5, 0.6) is 5.75 Å². The zero-order valence-electron chi connectivity index (χ0n) is 11.1. The van der Waals surface area contributed by atoms with E-state index < -0.39 is 0 Å². The summed E-state index contributed by atoms with van der Waals surface area (Å²) in [6, 6.07) is 14.4. The van der Waals surface area contributed by atoms with Gasteiger partial charge in [-0.3, -0.25) is 0 Å². The van der Waals surface area contributed by atoms with Gasteiger partial charge >= 0.3 is 0 Å². The number of rotatable bonds is 3. The van der Waals surface area contributed by atoms with E-state index in [2.05, 4.69) is 18.2 Å². The lowest BCUT2D eigenvalue weighted by molar-refractivity contribution is 0.180. The Balaban J connectivity index is 2.05. The van der Waals surface area contributed by atoms with Crippen LogP contribution >= 0.6 is 0 Å². The first-order valence-electron chi connectivity index (χ1n) is 6.82. The van der Waals surface area contributed by atoms with Gasteiger partial charge in [-0.1, -0.05) is 30.3 Å². The molecule has 1 atom stereocenters. The highest BCUT2D eigenvalue weighted by atomic mass is 16.5. The Morgan fingerprint density at radius 1 is 1.21 bits per heavy atom. The molecule has 98 valence electrons. The lowest BCUT2D eigenvalue weighted by Gasteiger charge is -2.11. The van der Waals surface area contributed by atoms with Crippen molar-refractivity contribution in [2.45, 2.75) is 25.9 Å². The van der Waals surface area contributed by atoms with Crippen LogP contribution in [0, 0.1) is 0 Å². The van der Waals surface area contributed by atoms with E-state index in [1.54, 1.807) is 0 Å². The maximum Gasteiger partial charge on any atom is 0.119 e. The Morgan fingerprint density at radius 3 is 2.89 bits per heavy atom. The molecule has 0 aromatic heterocycles. The van der Waals surface area contributed by atoms with Crippen LogP contribution in [0.1, 0.15) is 30.6 Å². The standard InChI is InChI=1S/C17H18O2/c1-2-19-13-6-3-5-12(11-13)14-7-4-8-16-15(14)9-10-17(16)18/h3-8,11,17-18H,2,9-10H2,1H3. The minimum Gasteiger partial charge on any atom is -0.494 e. The van der Waals surface area contributed by atoms with Crippen molar-refractivity contribution < 1.29 is 9.84 Å². The van der Waals surface area contributed by atoms with Crippen LogP contribution in [0.2, 0.25) is 0 Å². The van der Waals surface area contributed by atoms with Crippen molar-refractivity contribution in [3.8, 4) is 16.9 Å². The van der Waals surface area contributed by atoms with Crippen molar-refractivity contribution in [1.29, 1.82) is 0 Å². The molecule has 1 aliphatic rings. The molecule has 1 unspecified atom stereocenters. The molecule has 0 heterocycles. The predicted molar refractivity (Wildman–Crippen MR) is 76.3 cm³/mol. The topological polar surface area (TPSA) is 29.5 Å². The number of hydrogen-bond acceptors (Lipinski definition) is 2. The fourth-order valence-corrected chi connectivity index (χ4v) is 2.82. The molecule has 2 heteroatoms. The quantitative estimate of drug-likeness (QED) is 0.904. The van der Waals surface area contributed by atoms with E-state index in [1.165, 1.54) is 11.1 Å². The van der Waals surface area contributed by atoms with E-state index in [4.69, 9.17) is 4.74 Å². The predicted octanol–water partition coefficient (Wildman–Crippen LogP) is 3.73. The molecule has 0 radical (unpaired) electrons. The van der Waals surface area contributed by atoms with E-state index >= 15 is 0 Å². The number of aliphatic hydroxyl groups excluding tert-OH is 1. The Kier molecular flexibility index (Phi) is 3.26. The van der Waals surface area contributed by atoms with Gasteiger partial charge in [0.2, 0.25) is 0 Å². The molecule has 3 rings (SSSR count). The number of hydrogen-bond donors (Lipinski definition) is 1. The summed E-state index contributed by atoms with van der Waals surface area (Å²) in [6.07, 6.45) is 1.48. The lowest BCUT2D eigenvalue weighted by Crippen LogP contribution is -1.93. The second-order valence-corrected chi connectivity index (χ2v) is 4.89. The van der Waals surface area contributed by atoms with Crippen LogP contribution in [-0.2, 0) is 6.42 Å². The molecule has 0 amide bonds. The molecule has 1 N–H and O–H groups in total. The van der Waals surface area contributed by atoms with Gasteiger partial charge < -0.3 is 9.84 Å². The summed E-state index contributed by atoms with van der Waals surface area (Å²) >= 11 is 0. The zero-order chi connectivity index (χ0) is 13.2. The summed E-state index contributed by atoms with van der Waals surface area (Å²) in [7, 11) is 0. The highest BCUT2D eigenvalue weighted by Gasteiger charge is 2.22. The van der Waals surface area contributed by atoms with Gasteiger partial charge in [0, 0.05) is 0 Å². The molecule has 19 heavy (non-hydrogen) atoms. The summed E-state index contributed by atoms with van der Waals surface area (Å²) in [5.41, 5.74) is 4.75. The van der Waals surface area contributed by atoms with Crippen LogP contribution in [0.4, 0.5) is 0 Å². The van der Waals surface area contributed by atoms with Gasteiger partial charge in [0.15, 0.2) is 0 Å². The third-order valence-electron chi connectivity index (χ3n) is 3.70. The maximum absolute atomic E-state index is 9.97. The van der Waals surface area contributed by atoms with Crippen LogP contribution in [-0.4, -0.2) is 11.7 Å². The van der Waals surface area contributed by atoms with Crippen molar-refractivity contribution in [2.75, 3.05) is 6.61 Å². The van der Waals surface area contributed by atoms with Gasteiger partial charge in [0.25, 0.3) is 0 Å². The fourth-order valence-electron chi connectivity index (χ4n) is 2.82. The second kappa shape index (κ2) is 5.06. The van der Waals surface area contributed by atoms with Crippen molar-refractivity contribution in [3.63, 3.8) is 0 Å². The normalized spacial score (nSPS) is 17.3. The minimum absolute atomic E-state index is 0.301. The summed E-state index contributed by atoms with van der Waals surface area (Å²) < 4.78 is 5.56.